The minimum absolute atomic E-state index is 0.0298. The van der Waals surface area contributed by atoms with Gasteiger partial charge in [0.25, 0.3) is 15.9 Å². The Morgan fingerprint density at radius 1 is 1.04 bits per heavy atom. The maximum Gasteiger partial charge on any atom is 0.410 e. The molecule has 2 atom stereocenters. The predicted molar refractivity (Wildman–Crippen MR) is 195 cm³/mol. The van der Waals surface area contributed by atoms with Crippen molar-refractivity contribution >= 4 is 30.3 Å². The van der Waals surface area contributed by atoms with Crippen LogP contribution in [0.1, 0.15) is 65.2 Å². The van der Waals surface area contributed by atoms with Gasteiger partial charge in [0.15, 0.2) is 8.32 Å². The third-order valence-corrected chi connectivity index (χ3v) is 14.7. The molecule has 1 aliphatic heterocycles. The van der Waals surface area contributed by atoms with Crippen molar-refractivity contribution in [2.45, 2.75) is 95.2 Å². The minimum Gasteiger partial charge on any atom is -0.488 e. The van der Waals surface area contributed by atoms with E-state index in [0.29, 0.717) is 30.7 Å². The van der Waals surface area contributed by atoms with Gasteiger partial charge in [0.1, 0.15) is 24.1 Å². The number of aryl methyl sites for hydroxylation is 1. The Kier molecular flexibility index (Phi) is 12.2. The summed E-state index contributed by atoms with van der Waals surface area (Å²) < 4.78 is 51.6. The number of nitrogens with one attached hydrogen (secondary N) is 1. The van der Waals surface area contributed by atoms with Crippen molar-refractivity contribution in [3.05, 3.63) is 78.1 Å². The van der Waals surface area contributed by atoms with Gasteiger partial charge in [0, 0.05) is 19.5 Å². The zero-order valence-electron chi connectivity index (χ0n) is 30.6. The lowest BCUT2D eigenvalue weighted by atomic mass is 9.97. The van der Waals surface area contributed by atoms with Gasteiger partial charge in [-0.1, -0.05) is 45.0 Å². The van der Waals surface area contributed by atoms with Crippen LogP contribution in [0.25, 0.3) is 11.1 Å². The van der Waals surface area contributed by atoms with Crippen molar-refractivity contribution in [3.8, 4) is 16.9 Å². The molecule has 0 bridgehead atoms. The van der Waals surface area contributed by atoms with Gasteiger partial charge >= 0.3 is 6.09 Å². The van der Waals surface area contributed by atoms with E-state index in [1.165, 1.54) is 19.2 Å². The first-order chi connectivity index (χ1) is 23.3. The monoisotopic (exact) mass is 725 g/mol. The second kappa shape index (κ2) is 15.6. The van der Waals surface area contributed by atoms with Crippen LogP contribution in [0, 0.1) is 0 Å². The van der Waals surface area contributed by atoms with E-state index in [-0.39, 0.29) is 29.2 Å². The summed E-state index contributed by atoms with van der Waals surface area (Å²) in [4.78, 5) is 31.6. The number of rotatable bonds is 12. The minimum atomic E-state index is -4.07. The standard InChI is InChI=1S/C37H51N3O8SSi/c1-36(2,3)47-35(42)40(24-33(29-13-11-19-38-22-29)48-50(8,9)37(4,5)6)23-30-17-15-28-20-27(16-18-32(28)46-30)26-12-10-14-31(21-26)49(43,44)39-34(41)25-45-7/h10-14,16,18-22,30,33H,15,17,23-25H2,1-9H3,(H,39,41)/t30-,33-/m0/s1. The number of pyridine rings is 1. The second-order valence-electron chi connectivity index (χ2n) is 15.1. The summed E-state index contributed by atoms with van der Waals surface area (Å²) in [5, 5.41) is -0.0468. The Balaban J connectivity index is 1.56. The molecule has 1 N–H and O–H groups in total. The molecule has 13 heteroatoms. The van der Waals surface area contributed by atoms with Crippen molar-refractivity contribution < 1.29 is 36.6 Å². The summed E-state index contributed by atoms with van der Waals surface area (Å²) in [7, 11) is -5.00. The Morgan fingerprint density at radius 2 is 1.76 bits per heavy atom. The molecule has 0 saturated carbocycles. The molecule has 0 unspecified atom stereocenters. The fraction of sp³-hybridized carbons (Fsp3) is 0.486. The molecule has 0 radical (unpaired) electrons. The molecule has 0 saturated heterocycles. The quantitative estimate of drug-likeness (QED) is 0.198. The van der Waals surface area contributed by atoms with Crippen LogP contribution in [0.3, 0.4) is 0 Å². The maximum absolute atomic E-state index is 13.7. The van der Waals surface area contributed by atoms with E-state index in [0.717, 1.165) is 16.7 Å². The number of aromatic nitrogens is 1. The first kappa shape index (κ1) is 39.0. The molecule has 4 rings (SSSR count). The molecule has 272 valence electrons. The first-order valence-electron chi connectivity index (χ1n) is 16.8. The van der Waals surface area contributed by atoms with E-state index in [2.05, 4.69) is 38.8 Å². The molecular weight excluding hydrogens is 675 g/mol. The van der Waals surface area contributed by atoms with Gasteiger partial charge in [-0.25, -0.2) is 17.9 Å². The summed E-state index contributed by atoms with van der Waals surface area (Å²) in [6.07, 6.45) is 3.70. The van der Waals surface area contributed by atoms with Crippen molar-refractivity contribution in [1.82, 2.24) is 14.6 Å². The smallest absolute Gasteiger partial charge is 0.410 e. The Labute approximate surface area is 297 Å². The summed E-state index contributed by atoms with van der Waals surface area (Å²) in [6, 6.07) is 16.0. The second-order valence-corrected chi connectivity index (χ2v) is 21.6. The normalized spacial score (nSPS) is 15.7. The van der Waals surface area contributed by atoms with Gasteiger partial charge in [-0.05, 0) is 104 Å². The molecule has 2 heterocycles. The van der Waals surface area contributed by atoms with E-state index < -0.39 is 42.0 Å². The number of nitrogens with zero attached hydrogens (tertiary/aromatic N) is 2. The molecule has 0 aliphatic carbocycles. The van der Waals surface area contributed by atoms with Crippen molar-refractivity contribution in [3.63, 3.8) is 0 Å². The van der Waals surface area contributed by atoms with E-state index in [4.69, 9.17) is 18.6 Å². The Bertz CT molecular complexity index is 1750. The lowest BCUT2D eigenvalue weighted by molar-refractivity contribution is -0.122. The van der Waals surface area contributed by atoms with Crippen molar-refractivity contribution in [2.75, 3.05) is 26.8 Å². The predicted octanol–water partition coefficient (Wildman–Crippen LogP) is 6.89. The first-order valence-corrected chi connectivity index (χ1v) is 21.2. The van der Waals surface area contributed by atoms with Gasteiger partial charge in [0.2, 0.25) is 0 Å². The average molecular weight is 726 g/mol. The van der Waals surface area contributed by atoms with Gasteiger partial charge in [-0.15, -0.1) is 0 Å². The Morgan fingerprint density at radius 3 is 2.40 bits per heavy atom. The van der Waals surface area contributed by atoms with Crippen LogP contribution in [0.2, 0.25) is 18.1 Å². The molecule has 2 aromatic carbocycles. The zero-order valence-corrected chi connectivity index (χ0v) is 32.4. The SMILES string of the molecule is COCC(=O)NS(=O)(=O)c1cccc(-c2ccc3c(c2)CC[C@@H](CN(C[C@H](O[Si](C)(C)C(C)(C)C)c2cccnc2)C(=O)OC(C)(C)C)O3)c1. The highest BCUT2D eigenvalue weighted by Gasteiger charge is 2.41. The van der Waals surface area contributed by atoms with E-state index in [1.54, 1.807) is 23.4 Å². The van der Waals surface area contributed by atoms with Crippen LogP contribution >= 0.6 is 0 Å². The van der Waals surface area contributed by atoms with Crippen molar-refractivity contribution in [1.29, 1.82) is 0 Å². The number of fused-ring (bicyclic) bond motifs is 1. The summed E-state index contributed by atoms with van der Waals surface area (Å²) in [5.41, 5.74) is 2.66. The highest BCUT2D eigenvalue weighted by Crippen LogP contribution is 2.40. The zero-order chi connectivity index (χ0) is 36.9. The summed E-state index contributed by atoms with van der Waals surface area (Å²) in [6.45, 7) is 16.7. The molecule has 11 nitrogen and oxygen atoms in total. The van der Waals surface area contributed by atoms with Gasteiger partial charge in [0.05, 0.1) is 24.1 Å². The summed E-state index contributed by atoms with van der Waals surface area (Å²) >= 11 is 0. The highest BCUT2D eigenvalue weighted by molar-refractivity contribution is 7.90. The topological polar surface area (TPSA) is 133 Å². The van der Waals surface area contributed by atoms with Crippen LogP contribution in [-0.4, -0.2) is 77.1 Å². The number of hydrogen-bond donors (Lipinski definition) is 1. The lowest BCUT2D eigenvalue weighted by Gasteiger charge is -2.41. The maximum atomic E-state index is 13.7. The van der Waals surface area contributed by atoms with E-state index >= 15 is 0 Å². The molecule has 0 fully saturated rings. The van der Waals surface area contributed by atoms with E-state index in [9.17, 15) is 18.0 Å². The number of hydrogen-bond acceptors (Lipinski definition) is 9. The van der Waals surface area contributed by atoms with Gasteiger partial charge in [-0.3, -0.25) is 9.78 Å². The number of amides is 2. The van der Waals surface area contributed by atoms with E-state index in [1.807, 2.05) is 61.9 Å². The van der Waals surface area contributed by atoms with Crippen LogP contribution in [-0.2, 0) is 35.1 Å². The summed E-state index contributed by atoms with van der Waals surface area (Å²) in [5.74, 6) is -0.0505. The third-order valence-electron chi connectivity index (χ3n) is 8.85. The molecule has 3 aromatic rings. The molecule has 1 aliphatic rings. The van der Waals surface area contributed by atoms with Crippen LogP contribution in [0.5, 0.6) is 5.75 Å². The number of carbonyl (C=O) groups excluding carboxylic acids is 2. The molecular formula is C37H51N3O8SSi. The third kappa shape index (κ3) is 10.4. The van der Waals surface area contributed by atoms with Crippen molar-refractivity contribution in [2.24, 2.45) is 0 Å². The number of benzene rings is 2. The van der Waals surface area contributed by atoms with Gasteiger partial charge < -0.3 is 23.5 Å². The molecule has 1 aromatic heterocycles. The van der Waals surface area contributed by atoms with Crippen LogP contribution in [0.4, 0.5) is 4.79 Å². The number of methoxy groups -OCH3 is 1. The van der Waals surface area contributed by atoms with Gasteiger partial charge in [-0.2, -0.15) is 0 Å². The molecule has 50 heavy (non-hydrogen) atoms. The molecule has 2 amide bonds. The van der Waals surface area contributed by atoms with Crippen LogP contribution in [0.15, 0.2) is 71.9 Å². The fourth-order valence-corrected chi connectivity index (χ4v) is 7.56. The number of sulfonamides is 1. The highest BCUT2D eigenvalue weighted by atomic mass is 32.2. The van der Waals surface area contributed by atoms with Crippen LogP contribution < -0.4 is 9.46 Å². The number of carbonyl (C=O) groups is 2. The largest absolute Gasteiger partial charge is 0.488 e. The average Bonchev–Trinajstić information content (AvgIpc) is 3.02. The Hall–Kier alpha value is -3.78. The lowest BCUT2D eigenvalue weighted by Crippen LogP contribution is -2.48. The fourth-order valence-electron chi connectivity index (χ4n) is 5.27. The molecule has 0 spiro atoms. The number of ether oxygens (including phenoxy) is 3.